The van der Waals surface area contributed by atoms with E-state index in [4.69, 9.17) is 98.7 Å². The van der Waals surface area contributed by atoms with Gasteiger partial charge in [-0.15, -0.1) is 0 Å². The van der Waals surface area contributed by atoms with Crippen molar-refractivity contribution in [2.24, 2.45) is 5.92 Å². The van der Waals surface area contributed by atoms with Crippen molar-refractivity contribution in [2.75, 3.05) is 62.5 Å². The van der Waals surface area contributed by atoms with Crippen LogP contribution in [0.2, 0.25) is 0 Å². The standard InChI is InChI=1S/C38H51N9O18P2.C19H26N8O13P2.C16H20N2O4/c1-38(2,3)64-37(52)44-22(11-7-8-12-28(48)58-16-21-9-5-4-6-10-21)35(50)63-31-25(62-34(30(31)49)47-20-43-29-32(40)41-19-42-33(29)47)18-60-67(56,57)65-23-15-27(46-14-13-26(39)45-36(46)51)61-24(23)17-59-66(53,54)55;20-11-1-2-26(19(30)25-11)12-3-8(9(38-12)4-36-41(31,32)33)40-42(34,35)37-5-10-14(28)15(29)18(39-10)27-7-24-13-16(21)22-6-23-17(13)27;1-13(15(19)21-11-9-17)6-5-10-18-16(20)22-12-14-7-3-2-4-8-14/h4-6,9-10,13-14,19-20,22-25,27,30-31,34,49H,7-8,11-12,15-18H2,1-3H3,(H,44,52)(H,56,57)(H2,39,45,51)(H2,40,41,42)(H2,53,54,55);1-2,6-10,12,14-15,18,28-29H,3-5H2,(H,34,35)(H2,20,25,30)(H2,21,22,23)(H2,31,32,33);2-4,7-8,13H,5-6,10-12H2,1H3,(H,18,20)/t22-,23-,24+,25+,27+,30+,31+,34+;8-,9+,10+,12+,14+,15+,18+;13-/m000/s1. The number of imidazole rings is 2. The molecule has 18 atom stereocenters. The molecule has 6 aromatic heterocycles. The lowest BCUT2D eigenvalue weighted by atomic mass is 10.1. The van der Waals surface area contributed by atoms with E-state index in [1.54, 1.807) is 58.0 Å². The van der Waals surface area contributed by atoms with Gasteiger partial charge in [-0.3, -0.25) is 55.0 Å². The monoisotopic (exact) mass is 1920 g/mol. The van der Waals surface area contributed by atoms with Crippen molar-refractivity contribution in [3.63, 3.8) is 0 Å². The molecule has 2 unspecified atom stereocenters. The highest BCUT2D eigenvalue weighted by Gasteiger charge is 2.52. The van der Waals surface area contributed by atoms with Gasteiger partial charge in [0.25, 0.3) is 0 Å². The highest BCUT2D eigenvalue weighted by atomic mass is 31.2. The van der Waals surface area contributed by atoms with Gasteiger partial charge in [0, 0.05) is 38.2 Å². The second-order valence-electron chi connectivity index (χ2n) is 30.3. The van der Waals surface area contributed by atoms with E-state index in [1.807, 2.05) is 36.4 Å². The number of nitrogens with zero attached hydrogens (tertiary/aromatic N) is 13. The van der Waals surface area contributed by atoms with Crippen LogP contribution in [0.3, 0.4) is 0 Å². The molecule has 2 aromatic carbocycles. The number of aliphatic hydroxyl groups is 3. The molecular weight excluding hydrogens is 1830 g/mol. The van der Waals surface area contributed by atoms with Gasteiger partial charge in [-0.2, -0.15) is 15.2 Å². The third kappa shape index (κ3) is 30.3. The Balaban J connectivity index is 0.000000235. The lowest BCUT2D eigenvalue weighted by molar-refractivity contribution is -0.159. The SMILES string of the molecule is CC(C)(C)OC(=O)N[C@@H](CCCCC(=O)OCc1ccccc1)C(=O)O[C@H]1[C@@H](O)[C@H](n2cnc3c(N)ncnc32)O[C@@H]1COP(=O)(O)O[C@H]1C[C@H](n2ccc(N)nc2=O)O[C@@H]1COP(=O)(O)O.C[C@@H](CCCNC(=O)OCc1ccccc1)C(=O)OCC#N.Nc1ccn([C@H]2C[C@H](OP(=O)(O)OC[C@H]3O[C@@H](n4cnc5c(N)ncnc54)[C@H](O)[C@@H]3O)[C@@H](COP(=O)(O)O)O2)c(=O)n1. The normalized spacial score (nSPS) is 23.3. The number of nitrogens with two attached hydrogens (primary N) is 4. The Kier molecular flexibility index (Phi) is 35.9. The lowest BCUT2D eigenvalue weighted by Crippen LogP contribution is -2.47. The molecule has 714 valence electrons. The molecule has 0 saturated carbocycles. The second-order valence-corrected chi connectivity index (χ2v) is 35.6. The number of nitrogen functional groups attached to an aromatic ring is 4. The molecule has 0 radical (unpaired) electrons. The molecule has 4 fully saturated rings. The minimum atomic E-state index is -5.27. The Morgan fingerprint density at radius 1 is 0.565 bits per heavy atom. The van der Waals surface area contributed by atoms with E-state index in [0.29, 0.717) is 19.4 Å². The molecule has 131 heavy (non-hydrogen) atoms. The fourth-order valence-corrected chi connectivity index (χ4v) is 15.8. The summed E-state index contributed by atoms with van der Waals surface area (Å²) >= 11 is 0. The van der Waals surface area contributed by atoms with Gasteiger partial charge >= 0.3 is 72.8 Å². The first kappa shape index (κ1) is 102. The topological polar surface area (TPSA) is 783 Å². The van der Waals surface area contributed by atoms with Crippen LogP contribution in [0.5, 0.6) is 0 Å². The second kappa shape index (κ2) is 46.0. The number of nitrogens with one attached hydrogen (secondary N) is 2. The largest absolute Gasteiger partial charge is 0.472 e. The van der Waals surface area contributed by atoms with Crippen molar-refractivity contribution in [3.8, 4) is 6.07 Å². The van der Waals surface area contributed by atoms with Crippen molar-refractivity contribution in [1.29, 1.82) is 5.26 Å². The lowest BCUT2D eigenvalue weighted by Gasteiger charge is -2.26. The van der Waals surface area contributed by atoms with E-state index >= 15 is 0 Å². The summed E-state index contributed by atoms with van der Waals surface area (Å²) in [4.78, 5) is 177. The molecule has 2 amide bonds. The van der Waals surface area contributed by atoms with Gasteiger partial charge in [0.1, 0.15) is 134 Å². The van der Waals surface area contributed by atoms with Gasteiger partial charge in [-0.25, -0.2) is 72.1 Å². The summed E-state index contributed by atoms with van der Waals surface area (Å²) in [5, 5.41) is 46.2. The number of phosphoric acid groups is 4. The molecule has 8 aromatic rings. The number of ether oxygens (including phenoxy) is 9. The summed E-state index contributed by atoms with van der Waals surface area (Å²) in [7, 11) is -20.3. The Hall–Kier alpha value is -10.9. The van der Waals surface area contributed by atoms with Crippen molar-refractivity contribution < 1.29 is 157 Å². The first-order chi connectivity index (χ1) is 61.9. The number of carbonyl (C=O) groups excluding carboxylic acids is 5. The van der Waals surface area contributed by atoms with Crippen LogP contribution >= 0.6 is 31.3 Å². The number of fused-ring (bicyclic) bond motifs is 2. The van der Waals surface area contributed by atoms with Crippen molar-refractivity contribution >= 4 is 107 Å². The number of anilines is 4. The molecule has 10 heterocycles. The van der Waals surface area contributed by atoms with Crippen molar-refractivity contribution in [2.45, 2.75) is 190 Å². The maximum atomic E-state index is 14.0. The summed E-state index contributed by atoms with van der Waals surface area (Å²) < 4.78 is 133. The zero-order valence-electron chi connectivity index (χ0n) is 70.0. The van der Waals surface area contributed by atoms with Crippen LogP contribution < -0.4 is 44.9 Å². The number of alkyl carbamates (subject to hydrolysis) is 2. The van der Waals surface area contributed by atoms with Crippen LogP contribution in [0, 0.1) is 17.2 Å². The molecular formula is C73H97N19O35P4. The Morgan fingerprint density at radius 2 is 1.05 bits per heavy atom. The number of carbonyl (C=O) groups is 5. The van der Waals surface area contributed by atoms with Gasteiger partial charge in [0.05, 0.1) is 45.0 Å². The number of rotatable bonds is 38. The molecule has 4 aliphatic rings. The number of aliphatic hydroxyl groups excluding tert-OH is 3. The predicted molar refractivity (Wildman–Crippen MR) is 443 cm³/mol. The fraction of sp³-hybridized carbons (Fsp3) is 0.507. The van der Waals surface area contributed by atoms with Crippen LogP contribution in [-0.4, -0.2) is 245 Å². The number of nitriles is 1. The van der Waals surface area contributed by atoms with Crippen molar-refractivity contribution in [1.82, 2.24) is 68.8 Å². The van der Waals surface area contributed by atoms with Crippen LogP contribution in [0.1, 0.15) is 115 Å². The molecule has 19 N–H and O–H groups in total. The molecule has 54 nitrogen and oxygen atoms in total. The average Bonchev–Trinajstić information content (AvgIpc) is 1.60. The first-order valence-corrected chi connectivity index (χ1v) is 45.8. The van der Waals surface area contributed by atoms with E-state index in [0.717, 1.165) is 26.6 Å². The number of hydrogen-bond acceptors (Lipinski definition) is 42. The third-order valence-electron chi connectivity index (χ3n) is 19.4. The van der Waals surface area contributed by atoms with Gasteiger partial charge in [0.2, 0.25) is 0 Å². The highest BCUT2D eigenvalue weighted by molar-refractivity contribution is 7.47. The van der Waals surface area contributed by atoms with Crippen molar-refractivity contribution in [3.05, 3.63) is 143 Å². The zero-order chi connectivity index (χ0) is 95.3. The molecule has 4 saturated heterocycles. The van der Waals surface area contributed by atoms with Gasteiger partial charge in [-0.05, 0) is 69.7 Å². The number of hydrogen-bond donors (Lipinski definition) is 15. The number of unbranched alkanes of at least 4 members (excludes halogenated alkanes) is 1. The van der Waals surface area contributed by atoms with Crippen LogP contribution in [0.25, 0.3) is 22.3 Å². The molecule has 58 heteroatoms. The van der Waals surface area contributed by atoms with Gasteiger partial charge in [0.15, 0.2) is 48.1 Å². The quantitative estimate of drug-likeness (QED) is 0.0113. The summed E-state index contributed by atoms with van der Waals surface area (Å²) in [5.41, 5.74) is 22.5. The number of aromatic nitrogens is 12. The van der Waals surface area contributed by atoms with E-state index < -0.39 is 197 Å². The van der Waals surface area contributed by atoms with E-state index in [2.05, 4.69) is 59.6 Å². The Bertz CT molecular complexity index is 5590. The third-order valence-corrected chi connectivity index (χ3v) is 22.4. The summed E-state index contributed by atoms with van der Waals surface area (Å²) in [6.45, 7) is 3.70. The van der Waals surface area contributed by atoms with Crippen LogP contribution in [0.4, 0.5) is 32.9 Å². The minimum Gasteiger partial charge on any atom is -0.461 e. The minimum absolute atomic E-state index is 0.0156. The maximum absolute atomic E-state index is 14.0. The predicted octanol–water partition coefficient (Wildman–Crippen LogP) is 1.68. The first-order valence-electron chi connectivity index (χ1n) is 39.7. The number of phosphoric ester groups is 4. The Morgan fingerprint density at radius 3 is 1.53 bits per heavy atom. The summed E-state index contributed by atoms with van der Waals surface area (Å²) in [6.07, 6.45) is -13.6. The number of amides is 2. The zero-order valence-corrected chi connectivity index (χ0v) is 73.6. The summed E-state index contributed by atoms with van der Waals surface area (Å²) in [5.74, 6) is -2.41. The molecule has 4 aliphatic heterocycles. The van der Waals surface area contributed by atoms with E-state index in [9.17, 15) is 86.7 Å². The number of benzene rings is 2. The number of esters is 3. The highest BCUT2D eigenvalue weighted by Crippen LogP contribution is 2.52. The van der Waals surface area contributed by atoms with Crippen LogP contribution in [0.15, 0.2) is 120 Å². The Labute approximate surface area is 741 Å². The summed E-state index contributed by atoms with van der Waals surface area (Å²) in [6, 6.07) is 21.3. The van der Waals surface area contributed by atoms with Gasteiger partial charge < -0.3 is 121 Å². The average molecular weight is 1920 g/mol. The maximum Gasteiger partial charge on any atom is 0.472 e. The van der Waals surface area contributed by atoms with Crippen LogP contribution in [-0.2, 0) is 116 Å². The molecule has 0 bridgehead atoms. The van der Waals surface area contributed by atoms with E-state index in [1.165, 1.54) is 52.6 Å². The molecule has 0 spiro atoms. The molecule has 0 aliphatic carbocycles. The van der Waals surface area contributed by atoms with E-state index in [-0.39, 0.29) is 110 Å². The fourth-order valence-electron chi connectivity index (χ4n) is 13.2. The smallest absolute Gasteiger partial charge is 0.461 e. The van der Waals surface area contributed by atoms with Gasteiger partial charge in [-0.1, -0.05) is 74.0 Å². The molecule has 12 rings (SSSR count).